The van der Waals surface area contributed by atoms with E-state index in [0.717, 1.165) is 32.6 Å². The van der Waals surface area contributed by atoms with Crippen LogP contribution in [0.15, 0.2) is 60.0 Å². The fraction of sp³-hybridized carbons (Fsp3) is 0.618. The second-order valence-corrected chi connectivity index (χ2v) is 13.7. The molecule has 1 aromatic heterocycles. The fourth-order valence-corrected chi connectivity index (χ4v) is 8.56. The van der Waals surface area contributed by atoms with E-state index in [2.05, 4.69) is 67.2 Å². The Labute approximate surface area is 228 Å². The van der Waals surface area contributed by atoms with E-state index < -0.39 is 0 Å². The first-order valence-corrected chi connectivity index (χ1v) is 15.1. The van der Waals surface area contributed by atoms with Gasteiger partial charge in [0.2, 0.25) is 0 Å². The normalized spacial score (nSPS) is 36.3. The number of hydrogen-bond acceptors (Lipinski definition) is 4. The standard InChI is InChI=1S/C34H44N2O2/c1-24-7-8-25(27-10-9-26-13-16-35-20-28(26)17-27)5-4-6-30-18-29-11-12-31(36(3)21-32(2)22-37-23-32)19-33(29)14-15-34(24,30)38-33/h6,9-10,13,16-18,20,24-25,31H,4-5,7-8,11-12,14-15,19,21-23H2,1-3H3. The molecule has 2 aromatic rings. The monoisotopic (exact) mass is 512 g/mol. The largest absolute Gasteiger partial charge is 0.380 e. The van der Waals surface area contributed by atoms with Crippen LogP contribution in [0.4, 0.5) is 0 Å². The molecule has 7 rings (SSSR count). The molecule has 1 aromatic carbocycles. The van der Waals surface area contributed by atoms with Gasteiger partial charge in [-0.1, -0.05) is 38.1 Å². The molecule has 4 heteroatoms. The van der Waals surface area contributed by atoms with Gasteiger partial charge < -0.3 is 14.4 Å². The highest BCUT2D eigenvalue weighted by Gasteiger charge is 2.59. The molecule has 0 N–H and O–H groups in total. The van der Waals surface area contributed by atoms with Gasteiger partial charge in [0.1, 0.15) is 0 Å². The van der Waals surface area contributed by atoms with E-state index in [1.807, 2.05) is 12.4 Å². The number of nitrogens with zero attached hydrogens (tertiary/aromatic N) is 2. The van der Waals surface area contributed by atoms with Crippen molar-refractivity contribution < 1.29 is 9.47 Å². The Bertz CT molecular complexity index is 1280. The van der Waals surface area contributed by atoms with E-state index in [4.69, 9.17) is 9.47 Å². The number of rotatable bonds is 4. The SMILES string of the molecule is CC1CCC(c2ccc3ccncc3c2)CCC=C2C=C3CCC(N(C)CC4(C)COC4)CC34CCC21O4. The summed E-state index contributed by atoms with van der Waals surface area (Å²) in [4.78, 5) is 7.00. The van der Waals surface area contributed by atoms with Crippen molar-refractivity contribution in [3.63, 3.8) is 0 Å². The predicted octanol–water partition coefficient (Wildman–Crippen LogP) is 7.20. The summed E-state index contributed by atoms with van der Waals surface area (Å²) in [6, 6.07) is 9.74. The van der Waals surface area contributed by atoms with Crippen molar-refractivity contribution in [3.05, 3.63) is 65.5 Å². The zero-order chi connectivity index (χ0) is 26.0. The van der Waals surface area contributed by atoms with E-state index in [1.54, 1.807) is 5.57 Å². The summed E-state index contributed by atoms with van der Waals surface area (Å²) in [6.45, 7) is 7.79. The van der Waals surface area contributed by atoms with Crippen molar-refractivity contribution in [2.75, 3.05) is 26.8 Å². The Morgan fingerprint density at radius 2 is 1.95 bits per heavy atom. The van der Waals surface area contributed by atoms with Crippen molar-refractivity contribution in [1.29, 1.82) is 0 Å². The Kier molecular flexibility index (Phi) is 6.10. The van der Waals surface area contributed by atoms with Crippen molar-refractivity contribution in [2.24, 2.45) is 11.3 Å². The second-order valence-electron chi connectivity index (χ2n) is 13.7. The van der Waals surface area contributed by atoms with Crippen LogP contribution in [-0.2, 0) is 9.47 Å². The van der Waals surface area contributed by atoms with Crippen LogP contribution in [-0.4, -0.2) is 53.9 Å². The van der Waals surface area contributed by atoms with E-state index in [9.17, 15) is 0 Å². The zero-order valence-electron chi connectivity index (χ0n) is 23.5. The first-order valence-electron chi connectivity index (χ1n) is 15.1. The highest BCUT2D eigenvalue weighted by molar-refractivity contribution is 5.82. The molecule has 0 radical (unpaired) electrons. The average Bonchev–Trinajstić information content (AvgIpc) is 3.26. The maximum atomic E-state index is 7.44. The second kappa shape index (κ2) is 9.28. The van der Waals surface area contributed by atoms with Crippen LogP contribution in [0.1, 0.15) is 83.1 Å². The van der Waals surface area contributed by atoms with Crippen molar-refractivity contribution >= 4 is 10.8 Å². The molecule has 3 aliphatic heterocycles. The van der Waals surface area contributed by atoms with Gasteiger partial charge in [0.05, 0.1) is 24.4 Å². The molecule has 38 heavy (non-hydrogen) atoms. The molecule has 202 valence electrons. The molecular weight excluding hydrogens is 468 g/mol. The third-order valence-electron chi connectivity index (χ3n) is 10.9. The van der Waals surface area contributed by atoms with Gasteiger partial charge in [0, 0.05) is 35.8 Å². The minimum absolute atomic E-state index is 0.0431. The molecule has 3 fully saturated rings. The maximum Gasteiger partial charge on any atom is 0.0966 e. The minimum atomic E-state index is -0.0973. The molecule has 2 saturated heterocycles. The Morgan fingerprint density at radius 3 is 2.79 bits per heavy atom. The predicted molar refractivity (Wildman–Crippen MR) is 153 cm³/mol. The van der Waals surface area contributed by atoms with Gasteiger partial charge in [0.15, 0.2) is 0 Å². The summed E-state index contributed by atoms with van der Waals surface area (Å²) in [5.41, 5.74) is 4.75. The first-order chi connectivity index (χ1) is 18.4. The summed E-state index contributed by atoms with van der Waals surface area (Å²) >= 11 is 0. The van der Waals surface area contributed by atoms with Gasteiger partial charge in [-0.25, -0.2) is 0 Å². The van der Waals surface area contributed by atoms with E-state index in [1.165, 1.54) is 66.9 Å². The third-order valence-corrected chi connectivity index (χ3v) is 10.9. The molecule has 2 bridgehead atoms. The molecular formula is C34H44N2O2. The van der Waals surface area contributed by atoms with E-state index in [-0.39, 0.29) is 11.2 Å². The van der Waals surface area contributed by atoms with Gasteiger partial charge in [0.25, 0.3) is 0 Å². The Balaban J connectivity index is 1.12. The van der Waals surface area contributed by atoms with Crippen LogP contribution in [0.3, 0.4) is 0 Å². The highest BCUT2D eigenvalue weighted by atomic mass is 16.5. The van der Waals surface area contributed by atoms with Crippen LogP contribution < -0.4 is 0 Å². The zero-order valence-corrected chi connectivity index (χ0v) is 23.5. The molecule has 4 heterocycles. The third kappa shape index (κ3) is 4.10. The lowest BCUT2D eigenvalue weighted by molar-refractivity contribution is -0.133. The lowest BCUT2D eigenvalue weighted by Gasteiger charge is -2.51. The smallest absolute Gasteiger partial charge is 0.0966 e. The van der Waals surface area contributed by atoms with Gasteiger partial charge in [-0.05, 0) is 111 Å². The molecule has 4 nitrogen and oxygen atoms in total. The molecule has 5 atom stereocenters. The molecule has 5 unspecified atom stereocenters. The average molecular weight is 513 g/mol. The van der Waals surface area contributed by atoms with Crippen LogP contribution in [0.5, 0.6) is 0 Å². The molecule has 1 saturated carbocycles. The van der Waals surface area contributed by atoms with Gasteiger partial charge in [-0.2, -0.15) is 0 Å². The fourth-order valence-electron chi connectivity index (χ4n) is 8.56. The number of fused-ring (bicyclic) bond motifs is 1. The summed E-state index contributed by atoms with van der Waals surface area (Å²) in [5.74, 6) is 1.12. The van der Waals surface area contributed by atoms with Crippen LogP contribution in [0, 0.1) is 11.3 Å². The number of pyridine rings is 1. The van der Waals surface area contributed by atoms with Gasteiger partial charge in [-0.15, -0.1) is 0 Å². The lowest BCUT2D eigenvalue weighted by atomic mass is 9.73. The van der Waals surface area contributed by atoms with E-state index >= 15 is 0 Å². The highest BCUT2D eigenvalue weighted by Crippen LogP contribution is 2.59. The number of allylic oxidation sites excluding steroid dienone is 1. The number of hydrogen-bond donors (Lipinski definition) is 0. The summed E-state index contributed by atoms with van der Waals surface area (Å²) in [6.07, 6.45) is 19.8. The van der Waals surface area contributed by atoms with Crippen molar-refractivity contribution in [2.45, 2.75) is 94.8 Å². The summed E-state index contributed by atoms with van der Waals surface area (Å²) < 4.78 is 13.0. The van der Waals surface area contributed by atoms with Gasteiger partial charge in [-0.3, -0.25) is 4.98 Å². The molecule has 5 aliphatic rings. The molecule has 2 aliphatic carbocycles. The van der Waals surface area contributed by atoms with Crippen LogP contribution >= 0.6 is 0 Å². The van der Waals surface area contributed by atoms with Gasteiger partial charge >= 0.3 is 0 Å². The van der Waals surface area contributed by atoms with E-state index in [0.29, 0.717) is 23.3 Å². The first kappa shape index (κ1) is 25.0. The van der Waals surface area contributed by atoms with Crippen molar-refractivity contribution in [1.82, 2.24) is 9.88 Å². The lowest BCUT2D eigenvalue weighted by Crippen LogP contribution is -2.54. The minimum Gasteiger partial charge on any atom is -0.380 e. The quantitative estimate of drug-likeness (QED) is 0.434. The topological polar surface area (TPSA) is 34.6 Å². The Morgan fingerprint density at radius 1 is 1.05 bits per heavy atom. The Hall–Kier alpha value is -2.01. The maximum absolute atomic E-state index is 7.44. The van der Waals surface area contributed by atoms with Crippen LogP contribution in [0.2, 0.25) is 0 Å². The molecule has 0 amide bonds. The summed E-state index contributed by atoms with van der Waals surface area (Å²) in [5, 5.41) is 2.54. The number of benzene rings is 1. The summed E-state index contributed by atoms with van der Waals surface area (Å²) in [7, 11) is 2.34. The number of aromatic nitrogens is 1. The van der Waals surface area contributed by atoms with Crippen molar-refractivity contribution in [3.8, 4) is 0 Å². The number of ether oxygens (including phenoxy) is 2. The van der Waals surface area contributed by atoms with Crippen LogP contribution in [0.25, 0.3) is 10.8 Å². The molecule has 2 spiro atoms.